The fraction of sp³-hybridized carbons (Fsp3) is 0.667. The standard InChI is InChI=1S/C24H36N4OS/c1-3-19-7-8-21-22(16-19)30-24(26-21)28-14-9-20(10-15-28)23(29)25-11-5-13-27-12-4-6-18(2)17-27/h7-8,16,18,20H,3-6,9-15,17H2,1-2H3,(H,25,29)/t18-/m1/s1. The third-order valence-electron chi connectivity index (χ3n) is 6.68. The summed E-state index contributed by atoms with van der Waals surface area (Å²) >= 11 is 1.78. The number of likely N-dealkylation sites (tertiary alicyclic amines) is 1. The molecule has 1 aromatic heterocycles. The molecule has 0 radical (unpaired) electrons. The summed E-state index contributed by atoms with van der Waals surface area (Å²) in [5.74, 6) is 1.22. The lowest BCUT2D eigenvalue weighted by molar-refractivity contribution is -0.125. The third-order valence-corrected chi connectivity index (χ3v) is 7.76. The van der Waals surface area contributed by atoms with Crippen LogP contribution < -0.4 is 10.2 Å². The summed E-state index contributed by atoms with van der Waals surface area (Å²) in [6.07, 6.45) is 6.64. The molecular formula is C24H36N4OS. The number of rotatable bonds is 7. The van der Waals surface area contributed by atoms with Gasteiger partial charge in [-0.05, 0) is 75.2 Å². The summed E-state index contributed by atoms with van der Waals surface area (Å²) in [6.45, 7) is 10.7. The van der Waals surface area contributed by atoms with Crippen LogP contribution in [-0.2, 0) is 11.2 Å². The number of amides is 1. The van der Waals surface area contributed by atoms with Crippen LogP contribution in [0.4, 0.5) is 5.13 Å². The lowest BCUT2D eigenvalue weighted by Gasteiger charge is -2.31. The fourth-order valence-electron chi connectivity index (χ4n) is 4.79. The van der Waals surface area contributed by atoms with Gasteiger partial charge in [-0.3, -0.25) is 4.79 Å². The van der Waals surface area contributed by atoms with E-state index in [1.807, 2.05) is 0 Å². The highest BCUT2D eigenvalue weighted by Gasteiger charge is 2.26. The molecule has 30 heavy (non-hydrogen) atoms. The third kappa shape index (κ3) is 5.33. The molecular weight excluding hydrogens is 392 g/mol. The number of piperidine rings is 2. The summed E-state index contributed by atoms with van der Waals surface area (Å²) < 4.78 is 1.27. The maximum absolute atomic E-state index is 12.6. The molecule has 0 unspecified atom stereocenters. The molecule has 3 heterocycles. The maximum atomic E-state index is 12.6. The molecule has 0 saturated carbocycles. The number of fused-ring (bicyclic) bond motifs is 1. The average molecular weight is 429 g/mol. The summed E-state index contributed by atoms with van der Waals surface area (Å²) in [7, 11) is 0. The number of benzene rings is 1. The minimum atomic E-state index is 0.150. The number of carbonyl (C=O) groups is 1. The van der Waals surface area contributed by atoms with Crippen LogP contribution in [-0.4, -0.2) is 55.1 Å². The molecule has 0 bridgehead atoms. The van der Waals surface area contributed by atoms with Gasteiger partial charge in [0.25, 0.3) is 0 Å². The second kappa shape index (κ2) is 10.1. The van der Waals surface area contributed by atoms with Crippen LogP contribution >= 0.6 is 11.3 Å². The summed E-state index contributed by atoms with van der Waals surface area (Å²) in [4.78, 5) is 22.3. The van der Waals surface area contributed by atoms with Gasteiger partial charge >= 0.3 is 0 Å². The fourth-order valence-corrected chi connectivity index (χ4v) is 5.87. The van der Waals surface area contributed by atoms with Crippen molar-refractivity contribution < 1.29 is 4.79 Å². The van der Waals surface area contributed by atoms with Crippen molar-refractivity contribution in [2.24, 2.45) is 11.8 Å². The van der Waals surface area contributed by atoms with Crippen LogP contribution in [0.15, 0.2) is 18.2 Å². The molecule has 0 aliphatic carbocycles. The normalized spacial score (nSPS) is 21.3. The highest BCUT2D eigenvalue weighted by Crippen LogP contribution is 2.32. The van der Waals surface area contributed by atoms with Gasteiger partial charge in [0, 0.05) is 32.1 Å². The van der Waals surface area contributed by atoms with E-state index in [1.54, 1.807) is 11.3 Å². The maximum Gasteiger partial charge on any atom is 0.223 e. The Morgan fingerprint density at radius 2 is 2.07 bits per heavy atom. The van der Waals surface area contributed by atoms with Gasteiger partial charge in [-0.15, -0.1) is 0 Å². The Hall–Kier alpha value is -1.66. The first-order valence-electron chi connectivity index (χ1n) is 11.8. The number of aromatic nitrogens is 1. The predicted molar refractivity (Wildman–Crippen MR) is 126 cm³/mol. The molecule has 2 fully saturated rings. The Bertz CT molecular complexity index is 843. The Morgan fingerprint density at radius 1 is 1.23 bits per heavy atom. The van der Waals surface area contributed by atoms with E-state index >= 15 is 0 Å². The van der Waals surface area contributed by atoms with E-state index in [4.69, 9.17) is 4.98 Å². The van der Waals surface area contributed by atoms with E-state index in [0.29, 0.717) is 0 Å². The molecule has 1 aromatic carbocycles. The molecule has 2 aromatic rings. The molecule has 2 saturated heterocycles. The molecule has 1 atom stereocenters. The van der Waals surface area contributed by atoms with Gasteiger partial charge in [0.2, 0.25) is 5.91 Å². The summed E-state index contributed by atoms with van der Waals surface area (Å²) in [5.41, 5.74) is 2.46. The molecule has 6 heteroatoms. The van der Waals surface area contributed by atoms with Gasteiger partial charge in [0.15, 0.2) is 5.13 Å². The molecule has 1 amide bonds. The highest BCUT2D eigenvalue weighted by molar-refractivity contribution is 7.22. The number of carbonyl (C=O) groups excluding carboxylic acids is 1. The minimum Gasteiger partial charge on any atom is -0.356 e. The van der Waals surface area contributed by atoms with E-state index in [2.05, 4.69) is 47.2 Å². The van der Waals surface area contributed by atoms with Crippen molar-refractivity contribution in [3.05, 3.63) is 23.8 Å². The van der Waals surface area contributed by atoms with Gasteiger partial charge in [0.05, 0.1) is 10.2 Å². The zero-order chi connectivity index (χ0) is 20.9. The van der Waals surface area contributed by atoms with Crippen LogP contribution in [0.1, 0.15) is 51.5 Å². The monoisotopic (exact) mass is 428 g/mol. The van der Waals surface area contributed by atoms with E-state index in [-0.39, 0.29) is 11.8 Å². The van der Waals surface area contributed by atoms with Crippen LogP contribution in [0.3, 0.4) is 0 Å². The number of anilines is 1. The Morgan fingerprint density at radius 3 is 2.83 bits per heavy atom. The van der Waals surface area contributed by atoms with Crippen molar-refractivity contribution in [1.29, 1.82) is 0 Å². The number of hydrogen-bond acceptors (Lipinski definition) is 5. The number of nitrogens with one attached hydrogen (secondary N) is 1. The molecule has 1 N–H and O–H groups in total. The van der Waals surface area contributed by atoms with Crippen molar-refractivity contribution in [3.63, 3.8) is 0 Å². The quantitative estimate of drug-likeness (QED) is 0.668. The van der Waals surface area contributed by atoms with Crippen molar-refractivity contribution >= 4 is 32.6 Å². The van der Waals surface area contributed by atoms with Gasteiger partial charge in [-0.2, -0.15) is 0 Å². The van der Waals surface area contributed by atoms with Crippen LogP contribution in [0.5, 0.6) is 0 Å². The van der Waals surface area contributed by atoms with Crippen LogP contribution in [0.2, 0.25) is 0 Å². The Kier molecular flexibility index (Phi) is 7.26. The van der Waals surface area contributed by atoms with Gasteiger partial charge in [0.1, 0.15) is 0 Å². The first-order valence-corrected chi connectivity index (χ1v) is 12.6. The lowest BCUT2D eigenvalue weighted by atomic mass is 9.96. The zero-order valence-electron chi connectivity index (χ0n) is 18.5. The first-order chi connectivity index (χ1) is 14.6. The highest BCUT2D eigenvalue weighted by atomic mass is 32.1. The van der Waals surface area contributed by atoms with E-state index in [0.717, 1.165) is 68.4 Å². The predicted octanol–water partition coefficient (Wildman–Crippen LogP) is 4.31. The van der Waals surface area contributed by atoms with Crippen LogP contribution in [0.25, 0.3) is 10.2 Å². The Labute approximate surface area is 184 Å². The molecule has 164 valence electrons. The largest absolute Gasteiger partial charge is 0.356 e. The number of aryl methyl sites for hydroxylation is 1. The smallest absolute Gasteiger partial charge is 0.223 e. The lowest BCUT2D eigenvalue weighted by Crippen LogP contribution is -2.41. The molecule has 2 aliphatic rings. The first kappa shape index (κ1) is 21.6. The second-order valence-corrected chi connectivity index (χ2v) is 10.1. The molecule has 5 nitrogen and oxygen atoms in total. The minimum absolute atomic E-state index is 0.150. The van der Waals surface area contributed by atoms with Crippen molar-refractivity contribution in [2.45, 2.75) is 52.4 Å². The zero-order valence-corrected chi connectivity index (χ0v) is 19.3. The van der Waals surface area contributed by atoms with Gasteiger partial charge in [-0.1, -0.05) is 31.3 Å². The van der Waals surface area contributed by atoms with E-state index in [9.17, 15) is 4.79 Å². The summed E-state index contributed by atoms with van der Waals surface area (Å²) in [5, 5.41) is 4.30. The average Bonchev–Trinajstić information content (AvgIpc) is 3.20. The van der Waals surface area contributed by atoms with Crippen LogP contribution in [0, 0.1) is 11.8 Å². The topological polar surface area (TPSA) is 48.5 Å². The second-order valence-electron chi connectivity index (χ2n) is 9.11. The van der Waals surface area contributed by atoms with Crippen molar-refractivity contribution in [3.8, 4) is 0 Å². The molecule has 4 rings (SSSR count). The number of nitrogens with zero attached hydrogens (tertiary/aromatic N) is 3. The van der Waals surface area contributed by atoms with Gasteiger partial charge in [-0.25, -0.2) is 4.98 Å². The summed E-state index contributed by atoms with van der Waals surface area (Å²) in [6, 6.07) is 6.58. The Balaban J connectivity index is 1.20. The van der Waals surface area contributed by atoms with E-state index in [1.165, 1.54) is 36.2 Å². The SMILES string of the molecule is CCc1ccc2nc(N3CCC(C(=O)NCCCN4CCC[C@@H](C)C4)CC3)sc2c1. The van der Waals surface area contributed by atoms with E-state index < -0.39 is 0 Å². The molecule has 0 spiro atoms. The van der Waals surface area contributed by atoms with Crippen molar-refractivity contribution in [1.82, 2.24) is 15.2 Å². The van der Waals surface area contributed by atoms with Crippen molar-refractivity contribution in [2.75, 3.05) is 44.2 Å². The molecule has 2 aliphatic heterocycles. The number of hydrogen-bond donors (Lipinski definition) is 1. The van der Waals surface area contributed by atoms with Gasteiger partial charge < -0.3 is 15.1 Å². The number of thiazole rings is 1.